The van der Waals surface area contributed by atoms with Crippen LogP contribution in [0.5, 0.6) is 0 Å². The maximum atomic E-state index is 12.5. The van der Waals surface area contributed by atoms with E-state index >= 15 is 0 Å². The highest BCUT2D eigenvalue weighted by atomic mass is 16.4. The van der Waals surface area contributed by atoms with Crippen molar-refractivity contribution in [1.29, 1.82) is 0 Å². The Morgan fingerprint density at radius 1 is 1.29 bits per heavy atom. The van der Waals surface area contributed by atoms with Gasteiger partial charge in [-0.1, -0.05) is 18.2 Å². The van der Waals surface area contributed by atoms with Crippen molar-refractivity contribution in [2.24, 2.45) is 5.73 Å². The molecular weight excluding hydrogens is 358 g/mol. The molecule has 4 N–H and O–H groups in total. The van der Waals surface area contributed by atoms with Crippen molar-refractivity contribution in [3.05, 3.63) is 59.3 Å². The monoisotopic (exact) mass is 379 g/mol. The predicted molar refractivity (Wildman–Crippen MR) is 108 cm³/mol. The first-order valence-electron chi connectivity index (χ1n) is 8.83. The number of aliphatic carboxylic acids is 1. The molecule has 3 aromatic heterocycles. The predicted octanol–water partition coefficient (Wildman–Crippen LogP) is 2.38. The summed E-state index contributed by atoms with van der Waals surface area (Å²) in [5.41, 5.74) is 9.13. The summed E-state index contributed by atoms with van der Waals surface area (Å²) in [6.45, 7) is 2.52. The van der Waals surface area contributed by atoms with Crippen molar-refractivity contribution < 1.29 is 9.90 Å². The molecule has 0 unspecified atom stereocenters. The maximum absolute atomic E-state index is 12.5. The Kier molecular flexibility index (Phi) is 5.81. The van der Waals surface area contributed by atoms with E-state index in [1.54, 1.807) is 18.5 Å². The summed E-state index contributed by atoms with van der Waals surface area (Å²) >= 11 is 0. The molecule has 1 aromatic carbocycles. The van der Waals surface area contributed by atoms with Crippen LogP contribution in [0.25, 0.3) is 33.2 Å². The SMILES string of the molecule is CC(=O)O.NCCCn1cc(-c2nc3ccncc3[nH]c2=O)c2ccccc21. The Hall–Kier alpha value is -3.52. The first-order valence-corrected chi connectivity index (χ1v) is 8.83. The number of aromatic nitrogens is 4. The molecule has 0 fully saturated rings. The zero-order valence-corrected chi connectivity index (χ0v) is 15.4. The van der Waals surface area contributed by atoms with E-state index in [1.807, 2.05) is 24.4 Å². The molecule has 8 nitrogen and oxygen atoms in total. The van der Waals surface area contributed by atoms with Gasteiger partial charge in [0.1, 0.15) is 5.69 Å². The summed E-state index contributed by atoms with van der Waals surface area (Å²) in [6.07, 6.45) is 6.15. The third-order valence-corrected chi connectivity index (χ3v) is 4.14. The molecule has 0 saturated carbocycles. The van der Waals surface area contributed by atoms with Crippen LogP contribution in [0.4, 0.5) is 0 Å². The van der Waals surface area contributed by atoms with Crippen molar-refractivity contribution in [2.75, 3.05) is 6.54 Å². The van der Waals surface area contributed by atoms with Gasteiger partial charge in [-0.25, -0.2) is 4.98 Å². The average molecular weight is 379 g/mol. The molecule has 4 rings (SSSR count). The van der Waals surface area contributed by atoms with Crippen LogP contribution < -0.4 is 11.3 Å². The largest absolute Gasteiger partial charge is 0.481 e. The molecule has 0 atom stereocenters. The fourth-order valence-electron chi connectivity index (χ4n) is 3.00. The number of hydrogen-bond acceptors (Lipinski definition) is 5. The topological polar surface area (TPSA) is 127 Å². The van der Waals surface area contributed by atoms with Crippen LogP contribution in [0.15, 0.2) is 53.7 Å². The lowest BCUT2D eigenvalue weighted by Gasteiger charge is -2.02. The third kappa shape index (κ3) is 4.07. The number of benzene rings is 1. The van der Waals surface area contributed by atoms with Gasteiger partial charge in [-0.2, -0.15) is 0 Å². The standard InChI is InChI=1S/C18H17N5O.C2H4O2/c19-7-3-9-23-11-13(12-4-1-2-5-16(12)23)17-18(24)22-15-10-20-8-6-14(15)21-17;1-2(3)4/h1-2,4-6,8,10-11H,3,7,9,19H2,(H,22,24);1H3,(H,3,4). The van der Waals surface area contributed by atoms with Gasteiger partial charge in [0, 0.05) is 42.3 Å². The van der Waals surface area contributed by atoms with E-state index in [0.717, 1.165) is 41.9 Å². The van der Waals surface area contributed by atoms with E-state index in [9.17, 15) is 4.79 Å². The van der Waals surface area contributed by atoms with Crippen LogP contribution in [-0.2, 0) is 11.3 Å². The molecule has 0 aliphatic heterocycles. The number of para-hydroxylation sites is 1. The molecule has 0 saturated heterocycles. The minimum Gasteiger partial charge on any atom is -0.481 e. The quantitative estimate of drug-likeness (QED) is 0.500. The fourth-order valence-corrected chi connectivity index (χ4v) is 3.00. The van der Waals surface area contributed by atoms with E-state index < -0.39 is 5.97 Å². The summed E-state index contributed by atoms with van der Waals surface area (Å²) in [5.74, 6) is -0.833. The lowest BCUT2D eigenvalue weighted by Crippen LogP contribution is -2.11. The molecule has 3 heterocycles. The number of carboxylic acid groups (broad SMARTS) is 1. The number of nitrogens with two attached hydrogens (primary N) is 1. The summed E-state index contributed by atoms with van der Waals surface area (Å²) in [4.78, 5) is 33.0. The normalized spacial score (nSPS) is 10.6. The van der Waals surface area contributed by atoms with Crippen molar-refractivity contribution in [1.82, 2.24) is 19.5 Å². The molecular formula is C20H21N5O3. The minimum absolute atomic E-state index is 0.211. The molecule has 8 heteroatoms. The van der Waals surface area contributed by atoms with E-state index in [-0.39, 0.29) is 5.56 Å². The van der Waals surface area contributed by atoms with Crippen LogP contribution >= 0.6 is 0 Å². The zero-order chi connectivity index (χ0) is 20.1. The Labute approximate surface area is 160 Å². The number of aryl methyl sites for hydroxylation is 1. The van der Waals surface area contributed by atoms with Gasteiger partial charge in [0.05, 0.1) is 17.2 Å². The van der Waals surface area contributed by atoms with E-state index in [1.165, 1.54) is 0 Å². The van der Waals surface area contributed by atoms with Gasteiger partial charge in [0.15, 0.2) is 0 Å². The molecule has 28 heavy (non-hydrogen) atoms. The number of hydrogen-bond donors (Lipinski definition) is 3. The molecule has 0 amide bonds. The second kappa shape index (κ2) is 8.45. The fraction of sp³-hybridized carbons (Fsp3) is 0.200. The Morgan fingerprint density at radius 2 is 2.04 bits per heavy atom. The number of pyridine rings is 1. The van der Waals surface area contributed by atoms with Gasteiger partial charge in [0.2, 0.25) is 0 Å². The van der Waals surface area contributed by atoms with Crippen LogP contribution in [0.3, 0.4) is 0 Å². The number of nitrogens with one attached hydrogen (secondary N) is 1. The van der Waals surface area contributed by atoms with Gasteiger partial charge in [-0.15, -0.1) is 0 Å². The summed E-state index contributed by atoms with van der Waals surface area (Å²) in [6, 6.07) is 9.82. The van der Waals surface area contributed by atoms with Crippen LogP contribution in [0.1, 0.15) is 13.3 Å². The van der Waals surface area contributed by atoms with E-state index in [2.05, 4.69) is 25.6 Å². The second-order valence-electron chi connectivity index (χ2n) is 6.22. The average Bonchev–Trinajstić information content (AvgIpc) is 3.04. The summed E-state index contributed by atoms with van der Waals surface area (Å²) in [7, 11) is 0. The third-order valence-electron chi connectivity index (χ3n) is 4.14. The van der Waals surface area contributed by atoms with Crippen molar-refractivity contribution >= 4 is 27.9 Å². The first kappa shape index (κ1) is 19.2. The molecule has 144 valence electrons. The van der Waals surface area contributed by atoms with Crippen LogP contribution in [0.2, 0.25) is 0 Å². The zero-order valence-electron chi connectivity index (χ0n) is 15.4. The van der Waals surface area contributed by atoms with Gasteiger partial charge >= 0.3 is 0 Å². The number of aromatic amines is 1. The van der Waals surface area contributed by atoms with E-state index in [4.69, 9.17) is 15.6 Å². The Balaban J connectivity index is 0.000000516. The molecule has 0 aliphatic rings. The highest BCUT2D eigenvalue weighted by molar-refractivity contribution is 5.95. The van der Waals surface area contributed by atoms with Gasteiger partial charge < -0.3 is 20.4 Å². The number of rotatable bonds is 4. The Morgan fingerprint density at radius 3 is 2.79 bits per heavy atom. The molecule has 0 spiro atoms. The summed E-state index contributed by atoms with van der Waals surface area (Å²) in [5, 5.41) is 8.43. The van der Waals surface area contributed by atoms with Gasteiger partial charge in [0.25, 0.3) is 11.5 Å². The van der Waals surface area contributed by atoms with Gasteiger partial charge in [-0.05, 0) is 25.1 Å². The lowest BCUT2D eigenvalue weighted by atomic mass is 10.1. The first-order chi connectivity index (χ1) is 13.5. The smallest absolute Gasteiger partial charge is 0.300 e. The number of fused-ring (bicyclic) bond motifs is 2. The van der Waals surface area contributed by atoms with E-state index in [0.29, 0.717) is 17.8 Å². The second-order valence-corrected chi connectivity index (χ2v) is 6.22. The number of H-pyrrole nitrogens is 1. The van der Waals surface area contributed by atoms with Crippen LogP contribution in [0, 0.1) is 0 Å². The van der Waals surface area contributed by atoms with Crippen molar-refractivity contribution in [3.8, 4) is 11.3 Å². The van der Waals surface area contributed by atoms with Crippen molar-refractivity contribution in [2.45, 2.75) is 19.9 Å². The molecule has 0 radical (unpaired) electrons. The van der Waals surface area contributed by atoms with Crippen LogP contribution in [-0.4, -0.2) is 37.1 Å². The minimum atomic E-state index is -0.833. The number of carbonyl (C=O) groups is 1. The Bertz CT molecular complexity index is 1180. The van der Waals surface area contributed by atoms with Crippen molar-refractivity contribution in [3.63, 3.8) is 0 Å². The number of nitrogens with zero attached hydrogens (tertiary/aromatic N) is 3. The summed E-state index contributed by atoms with van der Waals surface area (Å²) < 4.78 is 2.13. The maximum Gasteiger partial charge on any atom is 0.300 e. The molecule has 0 aliphatic carbocycles. The highest BCUT2D eigenvalue weighted by Gasteiger charge is 2.14. The highest BCUT2D eigenvalue weighted by Crippen LogP contribution is 2.28. The number of carboxylic acids is 1. The van der Waals surface area contributed by atoms with Gasteiger partial charge in [-0.3, -0.25) is 14.6 Å². The molecule has 0 bridgehead atoms. The molecule has 4 aromatic rings. The lowest BCUT2D eigenvalue weighted by molar-refractivity contribution is -0.134.